The smallest absolute Gasteiger partial charge is 0.241 e. The number of rotatable bonds is 7. The topological polar surface area (TPSA) is 105 Å². The number of nitrogens with two attached hydrogens (primary N) is 1. The normalized spacial score (nSPS) is 16.4. The Kier molecular flexibility index (Phi) is 4.52. The molecule has 0 aromatic heterocycles. The second-order valence-corrected chi connectivity index (χ2v) is 7.17. The molecule has 6 nitrogen and oxygen atoms in total. The Morgan fingerprint density at radius 2 is 2.19 bits per heavy atom. The highest BCUT2D eigenvalue weighted by atomic mass is 32.2. The monoisotopic (exact) mass is 309 g/mol. The van der Waals surface area contributed by atoms with Gasteiger partial charge < -0.3 is 10.5 Å². The van der Waals surface area contributed by atoms with E-state index in [-0.39, 0.29) is 15.9 Å². The number of hydrogen-bond acceptors (Lipinski definition) is 5. The van der Waals surface area contributed by atoms with E-state index in [1.54, 1.807) is 7.11 Å². The minimum Gasteiger partial charge on any atom is -0.399 e. The lowest BCUT2D eigenvalue weighted by Crippen LogP contribution is -2.31. The van der Waals surface area contributed by atoms with Crippen LogP contribution in [0.15, 0.2) is 23.1 Å². The Labute approximate surface area is 125 Å². The van der Waals surface area contributed by atoms with Crippen molar-refractivity contribution in [2.75, 3.05) is 26.0 Å². The fraction of sp³-hybridized carbons (Fsp3) is 0.500. The molecule has 0 heterocycles. The summed E-state index contributed by atoms with van der Waals surface area (Å²) in [6.07, 6.45) is 2.82. The average Bonchev–Trinajstić information content (AvgIpc) is 3.23. The largest absolute Gasteiger partial charge is 0.399 e. The molecule has 1 saturated carbocycles. The second kappa shape index (κ2) is 6.02. The van der Waals surface area contributed by atoms with E-state index in [1.165, 1.54) is 18.2 Å². The molecule has 0 bridgehead atoms. The fourth-order valence-corrected chi connectivity index (χ4v) is 3.50. The minimum atomic E-state index is -3.71. The number of nitrogen functional groups attached to an aromatic ring is 1. The van der Waals surface area contributed by atoms with Gasteiger partial charge in [0.2, 0.25) is 10.0 Å². The Morgan fingerprint density at radius 3 is 2.76 bits per heavy atom. The van der Waals surface area contributed by atoms with Crippen LogP contribution in [0.1, 0.15) is 24.8 Å². The van der Waals surface area contributed by atoms with Gasteiger partial charge in [0.15, 0.2) is 0 Å². The standard InChI is InChI=1S/C14H19N3O3S/c1-20-7-6-14(4-5-14)10-17-21(18,19)13-3-2-12(16)8-11(13)9-15/h2-3,8,17H,4-7,10,16H2,1H3. The molecule has 1 aromatic carbocycles. The van der Waals surface area contributed by atoms with Crippen molar-refractivity contribution in [2.45, 2.75) is 24.2 Å². The van der Waals surface area contributed by atoms with Crippen molar-refractivity contribution in [3.8, 4) is 6.07 Å². The Hall–Kier alpha value is -1.62. The first-order valence-electron chi connectivity index (χ1n) is 6.71. The molecule has 0 spiro atoms. The number of nitriles is 1. The highest BCUT2D eigenvalue weighted by Gasteiger charge is 2.42. The van der Waals surface area contributed by atoms with Crippen molar-refractivity contribution >= 4 is 15.7 Å². The van der Waals surface area contributed by atoms with Crippen LogP contribution < -0.4 is 10.5 Å². The summed E-state index contributed by atoms with van der Waals surface area (Å²) >= 11 is 0. The molecule has 1 aliphatic carbocycles. The molecule has 7 heteroatoms. The lowest BCUT2D eigenvalue weighted by molar-refractivity contribution is 0.173. The number of ether oxygens (including phenoxy) is 1. The van der Waals surface area contributed by atoms with Gasteiger partial charge in [-0.15, -0.1) is 0 Å². The van der Waals surface area contributed by atoms with Crippen LogP contribution >= 0.6 is 0 Å². The van der Waals surface area contributed by atoms with E-state index in [9.17, 15) is 8.42 Å². The number of nitrogens with one attached hydrogen (secondary N) is 1. The minimum absolute atomic E-state index is 0.00367. The van der Waals surface area contributed by atoms with Crippen LogP contribution in [-0.2, 0) is 14.8 Å². The van der Waals surface area contributed by atoms with Gasteiger partial charge in [-0.3, -0.25) is 0 Å². The Morgan fingerprint density at radius 1 is 1.48 bits per heavy atom. The Bertz CT molecular complexity index is 661. The van der Waals surface area contributed by atoms with Gasteiger partial charge in [-0.25, -0.2) is 13.1 Å². The van der Waals surface area contributed by atoms with Gasteiger partial charge in [-0.05, 0) is 42.9 Å². The summed E-state index contributed by atoms with van der Waals surface area (Å²) in [5.74, 6) is 0. The van der Waals surface area contributed by atoms with E-state index >= 15 is 0 Å². The molecule has 0 aliphatic heterocycles. The zero-order valence-electron chi connectivity index (χ0n) is 11.9. The van der Waals surface area contributed by atoms with Crippen LogP contribution in [0.4, 0.5) is 5.69 Å². The van der Waals surface area contributed by atoms with E-state index in [4.69, 9.17) is 15.7 Å². The zero-order chi connectivity index (χ0) is 15.5. The number of nitrogens with zero attached hydrogens (tertiary/aromatic N) is 1. The predicted molar refractivity (Wildman–Crippen MR) is 78.9 cm³/mol. The van der Waals surface area contributed by atoms with Crippen molar-refractivity contribution in [2.24, 2.45) is 5.41 Å². The number of hydrogen-bond donors (Lipinski definition) is 2. The molecule has 1 aromatic rings. The zero-order valence-corrected chi connectivity index (χ0v) is 12.7. The molecular formula is C14H19N3O3S. The number of benzene rings is 1. The summed E-state index contributed by atoms with van der Waals surface area (Å²) in [7, 11) is -2.07. The lowest BCUT2D eigenvalue weighted by Gasteiger charge is -2.16. The number of methoxy groups -OCH3 is 1. The first-order chi connectivity index (χ1) is 9.92. The van der Waals surface area contributed by atoms with Crippen LogP contribution in [-0.4, -0.2) is 28.7 Å². The molecule has 21 heavy (non-hydrogen) atoms. The van der Waals surface area contributed by atoms with Crippen LogP contribution in [0.5, 0.6) is 0 Å². The molecule has 0 radical (unpaired) electrons. The SMILES string of the molecule is COCCC1(CNS(=O)(=O)c2ccc(N)cc2C#N)CC1. The molecule has 0 saturated heterocycles. The first kappa shape index (κ1) is 15.8. The van der Waals surface area contributed by atoms with E-state index in [2.05, 4.69) is 4.72 Å². The van der Waals surface area contributed by atoms with Crippen LogP contribution in [0, 0.1) is 16.7 Å². The summed E-state index contributed by atoms with van der Waals surface area (Å²) in [5, 5.41) is 9.05. The average molecular weight is 309 g/mol. The molecule has 1 fully saturated rings. The van der Waals surface area contributed by atoms with Gasteiger partial charge in [0.05, 0.1) is 10.5 Å². The third-order valence-corrected chi connectivity index (χ3v) is 5.30. The number of anilines is 1. The summed E-state index contributed by atoms with van der Waals surface area (Å²) in [4.78, 5) is -0.0262. The predicted octanol–water partition coefficient (Wildman–Crippen LogP) is 1.24. The summed E-state index contributed by atoms with van der Waals surface area (Å²) in [6, 6.07) is 6.08. The molecule has 0 amide bonds. The van der Waals surface area contributed by atoms with E-state index in [0.29, 0.717) is 18.8 Å². The molecule has 3 N–H and O–H groups in total. The first-order valence-corrected chi connectivity index (χ1v) is 8.19. The molecule has 0 unspecified atom stereocenters. The van der Waals surface area contributed by atoms with Crippen LogP contribution in [0.3, 0.4) is 0 Å². The number of sulfonamides is 1. The quantitative estimate of drug-likeness (QED) is 0.737. The third-order valence-electron chi connectivity index (χ3n) is 3.84. The van der Waals surface area contributed by atoms with Gasteiger partial charge in [0, 0.05) is 25.9 Å². The maximum atomic E-state index is 12.3. The molecule has 114 valence electrons. The van der Waals surface area contributed by atoms with E-state index in [0.717, 1.165) is 19.3 Å². The van der Waals surface area contributed by atoms with Crippen molar-refractivity contribution in [3.63, 3.8) is 0 Å². The van der Waals surface area contributed by atoms with Gasteiger partial charge in [-0.2, -0.15) is 5.26 Å². The summed E-state index contributed by atoms with van der Waals surface area (Å²) < 4.78 is 32.3. The van der Waals surface area contributed by atoms with Gasteiger partial charge in [0.1, 0.15) is 6.07 Å². The molecule has 1 aliphatic rings. The van der Waals surface area contributed by atoms with Gasteiger partial charge in [-0.1, -0.05) is 0 Å². The van der Waals surface area contributed by atoms with Crippen molar-refractivity contribution < 1.29 is 13.2 Å². The van der Waals surface area contributed by atoms with Crippen molar-refractivity contribution in [1.29, 1.82) is 5.26 Å². The molecular weight excluding hydrogens is 290 g/mol. The highest BCUT2D eigenvalue weighted by molar-refractivity contribution is 7.89. The fourth-order valence-electron chi connectivity index (χ4n) is 2.21. The summed E-state index contributed by atoms with van der Waals surface area (Å²) in [5.41, 5.74) is 6.00. The van der Waals surface area contributed by atoms with E-state index < -0.39 is 10.0 Å². The maximum Gasteiger partial charge on any atom is 0.241 e. The second-order valence-electron chi connectivity index (χ2n) is 5.43. The summed E-state index contributed by atoms with van der Waals surface area (Å²) in [6.45, 7) is 0.987. The highest BCUT2D eigenvalue weighted by Crippen LogP contribution is 2.48. The van der Waals surface area contributed by atoms with Gasteiger partial charge >= 0.3 is 0 Å². The third kappa shape index (κ3) is 3.73. The van der Waals surface area contributed by atoms with Crippen molar-refractivity contribution in [3.05, 3.63) is 23.8 Å². The van der Waals surface area contributed by atoms with Crippen molar-refractivity contribution in [1.82, 2.24) is 4.72 Å². The van der Waals surface area contributed by atoms with Gasteiger partial charge in [0.25, 0.3) is 0 Å². The lowest BCUT2D eigenvalue weighted by atomic mass is 10.0. The Balaban J connectivity index is 2.11. The maximum absolute atomic E-state index is 12.3. The molecule has 0 atom stereocenters. The van der Waals surface area contributed by atoms with E-state index in [1.807, 2.05) is 6.07 Å². The van der Waals surface area contributed by atoms with Crippen LogP contribution in [0.25, 0.3) is 0 Å². The van der Waals surface area contributed by atoms with Crippen LogP contribution in [0.2, 0.25) is 0 Å². The molecule has 2 rings (SSSR count).